The lowest BCUT2D eigenvalue weighted by atomic mass is 10.3. The summed E-state index contributed by atoms with van der Waals surface area (Å²) >= 11 is 4.00. The molecular weight excluding hydrogens is 294 g/mol. The van der Waals surface area contributed by atoms with Crippen molar-refractivity contribution in [3.63, 3.8) is 0 Å². The van der Waals surface area contributed by atoms with Crippen LogP contribution in [0.4, 0.5) is 0 Å². The predicted molar refractivity (Wildman–Crippen MR) is 79.6 cm³/mol. The van der Waals surface area contributed by atoms with Crippen molar-refractivity contribution in [2.45, 2.75) is 44.4 Å². The van der Waals surface area contributed by atoms with Gasteiger partial charge in [-0.05, 0) is 13.8 Å². The van der Waals surface area contributed by atoms with E-state index in [-0.39, 0.29) is 62.0 Å². The molecular formula is C13H21N3O4S. The Hall–Kier alpha value is -1.57. The van der Waals surface area contributed by atoms with Gasteiger partial charge in [-0.3, -0.25) is 24.1 Å². The van der Waals surface area contributed by atoms with Crippen molar-refractivity contribution >= 4 is 36.3 Å². The van der Waals surface area contributed by atoms with Gasteiger partial charge in [-0.15, -0.1) is 0 Å². The molecule has 1 fully saturated rings. The number of carbonyl (C=O) groups is 4. The number of imide groups is 1. The van der Waals surface area contributed by atoms with Crippen LogP contribution in [0.15, 0.2) is 0 Å². The van der Waals surface area contributed by atoms with E-state index in [2.05, 4.69) is 23.3 Å². The van der Waals surface area contributed by atoms with E-state index in [1.807, 2.05) is 13.8 Å². The minimum absolute atomic E-state index is 0.0315. The summed E-state index contributed by atoms with van der Waals surface area (Å²) < 4.78 is 0. The zero-order valence-electron chi connectivity index (χ0n) is 12.2. The third-order valence-electron chi connectivity index (χ3n) is 2.91. The molecule has 0 aromatic rings. The van der Waals surface area contributed by atoms with Crippen LogP contribution in [0.3, 0.4) is 0 Å². The summed E-state index contributed by atoms with van der Waals surface area (Å²) in [6.45, 7) is 4.00. The van der Waals surface area contributed by atoms with Crippen molar-refractivity contribution in [2.24, 2.45) is 0 Å². The largest absolute Gasteiger partial charge is 0.356 e. The highest BCUT2D eigenvalue weighted by Gasteiger charge is 2.36. The van der Waals surface area contributed by atoms with Crippen LogP contribution in [-0.4, -0.2) is 52.9 Å². The van der Waals surface area contributed by atoms with E-state index in [4.69, 9.17) is 0 Å². The summed E-state index contributed by atoms with van der Waals surface area (Å²) in [6, 6.07) is 0.0644. The smallest absolute Gasteiger partial charge is 0.242 e. The fourth-order valence-electron chi connectivity index (χ4n) is 1.91. The summed E-state index contributed by atoms with van der Waals surface area (Å²) in [7, 11) is 0. The second kappa shape index (κ2) is 8.02. The number of hydrogen-bond acceptors (Lipinski definition) is 5. The second-order valence-corrected chi connectivity index (χ2v) is 5.80. The average molecular weight is 315 g/mol. The molecule has 0 aromatic heterocycles. The van der Waals surface area contributed by atoms with E-state index in [1.165, 1.54) is 0 Å². The fraction of sp³-hybridized carbons (Fsp3) is 0.692. The van der Waals surface area contributed by atoms with Crippen LogP contribution in [0.25, 0.3) is 0 Å². The van der Waals surface area contributed by atoms with Gasteiger partial charge in [0.05, 0.1) is 5.25 Å². The molecule has 118 valence electrons. The van der Waals surface area contributed by atoms with Gasteiger partial charge in [0, 0.05) is 38.4 Å². The number of nitrogens with one attached hydrogen (secondary N) is 2. The molecule has 21 heavy (non-hydrogen) atoms. The maximum absolute atomic E-state index is 11.6. The van der Waals surface area contributed by atoms with E-state index >= 15 is 0 Å². The lowest BCUT2D eigenvalue weighted by molar-refractivity contribution is -0.138. The number of rotatable bonds is 7. The van der Waals surface area contributed by atoms with Crippen LogP contribution < -0.4 is 10.6 Å². The van der Waals surface area contributed by atoms with Crippen LogP contribution in [0.1, 0.15) is 33.1 Å². The highest BCUT2D eigenvalue weighted by Crippen LogP contribution is 2.17. The Morgan fingerprint density at radius 3 is 2.48 bits per heavy atom. The molecule has 1 rings (SSSR count). The highest BCUT2D eigenvalue weighted by molar-refractivity contribution is 7.81. The fourth-order valence-corrected chi connectivity index (χ4v) is 2.21. The lowest BCUT2D eigenvalue weighted by Crippen LogP contribution is -2.37. The zero-order valence-corrected chi connectivity index (χ0v) is 13.1. The zero-order chi connectivity index (χ0) is 16.0. The lowest BCUT2D eigenvalue weighted by Gasteiger charge is -2.14. The van der Waals surface area contributed by atoms with Gasteiger partial charge in [0.1, 0.15) is 0 Å². The number of likely N-dealkylation sites (tertiary alicyclic amines) is 1. The van der Waals surface area contributed by atoms with Crippen molar-refractivity contribution < 1.29 is 19.2 Å². The molecule has 0 aromatic carbocycles. The van der Waals surface area contributed by atoms with Gasteiger partial charge in [-0.1, -0.05) is 0 Å². The molecule has 4 amide bonds. The molecule has 0 bridgehead atoms. The van der Waals surface area contributed by atoms with Gasteiger partial charge in [0.25, 0.3) is 0 Å². The predicted octanol–water partition coefficient (Wildman–Crippen LogP) is -0.535. The molecule has 7 nitrogen and oxygen atoms in total. The number of nitrogens with zero attached hydrogens (tertiary/aromatic N) is 1. The Bertz CT molecular complexity index is 439. The van der Waals surface area contributed by atoms with Crippen molar-refractivity contribution in [3.05, 3.63) is 0 Å². The van der Waals surface area contributed by atoms with E-state index < -0.39 is 5.25 Å². The maximum atomic E-state index is 11.6. The maximum Gasteiger partial charge on any atom is 0.242 e. The summed E-state index contributed by atoms with van der Waals surface area (Å²) in [5.74, 6) is -1.08. The summed E-state index contributed by atoms with van der Waals surface area (Å²) in [5.41, 5.74) is 0. The van der Waals surface area contributed by atoms with Crippen molar-refractivity contribution in [3.8, 4) is 0 Å². The first-order valence-electron chi connectivity index (χ1n) is 6.89. The Kier molecular flexibility index (Phi) is 6.67. The Morgan fingerprint density at radius 2 is 1.95 bits per heavy atom. The second-order valence-electron chi connectivity index (χ2n) is 5.18. The first kappa shape index (κ1) is 17.5. The Labute approximate surface area is 129 Å². The number of thiol groups is 1. The molecule has 0 aliphatic carbocycles. The minimum atomic E-state index is -0.597. The third-order valence-corrected chi connectivity index (χ3v) is 3.31. The summed E-state index contributed by atoms with van der Waals surface area (Å²) in [5, 5.41) is 4.70. The van der Waals surface area contributed by atoms with Crippen LogP contribution in [0, 0.1) is 0 Å². The van der Waals surface area contributed by atoms with Gasteiger partial charge < -0.3 is 10.6 Å². The molecule has 1 atom stereocenters. The van der Waals surface area contributed by atoms with Crippen LogP contribution >= 0.6 is 12.6 Å². The number of hydrogen-bond donors (Lipinski definition) is 3. The van der Waals surface area contributed by atoms with Crippen LogP contribution in [0.5, 0.6) is 0 Å². The molecule has 1 aliphatic rings. The van der Waals surface area contributed by atoms with Crippen molar-refractivity contribution in [1.29, 1.82) is 0 Å². The summed E-state index contributed by atoms with van der Waals surface area (Å²) in [6.07, 6.45) is 0.312. The molecule has 2 N–H and O–H groups in total. The first-order valence-corrected chi connectivity index (χ1v) is 7.41. The van der Waals surface area contributed by atoms with E-state index in [0.29, 0.717) is 0 Å². The number of amides is 4. The van der Waals surface area contributed by atoms with Gasteiger partial charge in [0.2, 0.25) is 23.6 Å². The minimum Gasteiger partial charge on any atom is -0.356 e. The molecule has 1 unspecified atom stereocenters. The van der Waals surface area contributed by atoms with Crippen LogP contribution in [0.2, 0.25) is 0 Å². The molecule has 1 heterocycles. The number of carbonyl (C=O) groups excluding carboxylic acids is 4. The molecule has 0 radical (unpaired) electrons. The van der Waals surface area contributed by atoms with Gasteiger partial charge in [0.15, 0.2) is 0 Å². The Balaban J connectivity index is 2.21. The first-order chi connectivity index (χ1) is 9.81. The molecule has 8 heteroatoms. The van der Waals surface area contributed by atoms with Gasteiger partial charge in [-0.25, -0.2) is 0 Å². The van der Waals surface area contributed by atoms with Crippen molar-refractivity contribution in [1.82, 2.24) is 15.5 Å². The molecule has 1 aliphatic heterocycles. The monoisotopic (exact) mass is 315 g/mol. The standard InChI is InChI=1S/C13H21N3O4S/c1-8(2)15-11(18)3-5-14-10(17)4-6-16-12(19)7-9(21)13(16)20/h8-9,21H,3-7H2,1-2H3,(H,14,17)(H,15,18). The van der Waals surface area contributed by atoms with E-state index in [1.54, 1.807) is 0 Å². The van der Waals surface area contributed by atoms with Gasteiger partial charge in [-0.2, -0.15) is 12.6 Å². The third kappa shape index (κ3) is 5.74. The topological polar surface area (TPSA) is 95.6 Å². The SMILES string of the molecule is CC(C)NC(=O)CCNC(=O)CCN1C(=O)CC(S)C1=O. The molecule has 0 saturated carbocycles. The van der Waals surface area contributed by atoms with Crippen molar-refractivity contribution in [2.75, 3.05) is 13.1 Å². The Morgan fingerprint density at radius 1 is 1.29 bits per heavy atom. The van der Waals surface area contributed by atoms with Crippen LogP contribution in [-0.2, 0) is 19.2 Å². The van der Waals surface area contributed by atoms with E-state index in [0.717, 1.165) is 4.90 Å². The quantitative estimate of drug-likeness (QED) is 0.434. The van der Waals surface area contributed by atoms with Gasteiger partial charge >= 0.3 is 0 Å². The van der Waals surface area contributed by atoms with E-state index in [9.17, 15) is 19.2 Å². The average Bonchev–Trinajstić information content (AvgIpc) is 2.60. The highest BCUT2D eigenvalue weighted by atomic mass is 32.1. The normalized spacial score (nSPS) is 18.3. The summed E-state index contributed by atoms with van der Waals surface area (Å²) in [4.78, 5) is 47.1. The molecule has 1 saturated heterocycles. The molecule has 0 spiro atoms.